The molecule has 2 rings (SSSR count). The van der Waals surface area contributed by atoms with E-state index < -0.39 is 0 Å². The van der Waals surface area contributed by atoms with E-state index in [0.717, 1.165) is 0 Å². The molecule has 1 fully saturated rings. The topological polar surface area (TPSA) is 94.5 Å². The van der Waals surface area contributed by atoms with Crippen molar-refractivity contribution in [1.82, 2.24) is 10.2 Å². The summed E-state index contributed by atoms with van der Waals surface area (Å²) in [4.78, 5) is 25.8. The average Bonchev–Trinajstić information content (AvgIpc) is 3.07. The second-order valence-electron chi connectivity index (χ2n) is 5.51. The number of carbonyl (C=O) groups is 2. The van der Waals surface area contributed by atoms with Gasteiger partial charge in [0.05, 0.1) is 18.1 Å². The van der Waals surface area contributed by atoms with E-state index in [2.05, 4.69) is 16.7 Å². The van der Waals surface area contributed by atoms with Crippen LogP contribution >= 0.6 is 0 Å². The molecule has 3 amide bonds. The number of hydrogen-bond acceptors (Lipinski definition) is 4. The van der Waals surface area contributed by atoms with Gasteiger partial charge in [0, 0.05) is 25.3 Å². The highest BCUT2D eigenvalue weighted by Gasteiger charge is 2.30. The fourth-order valence-corrected chi connectivity index (χ4v) is 2.66. The van der Waals surface area contributed by atoms with E-state index in [1.54, 1.807) is 23.1 Å². The lowest BCUT2D eigenvalue weighted by Gasteiger charge is -2.17. The summed E-state index contributed by atoms with van der Waals surface area (Å²) >= 11 is 0. The monoisotopic (exact) mass is 330 g/mol. The van der Waals surface area contributed by atoms with E-state index in [1.807, 2.05) is 13.8 Å². The number of carbonyl (C=O) groups excluding carboxylic acids is 2. The smallest absolute Gasteiger partial charge is 0.321 e. The highest BCUT2D eigenvalue weighted by atomic mass is 16.5. The van der Waals surface area contributed by atoms with E-state index in [1.165, 1.54) is 0 Å². The van der Waals surface area contributed by atoms with E-state index in [4.69, 9.17) is 10.00 Å². The minimum atomic E-state index is -0.269. The molecular formula is C17H22N4O3. The summed E-state index contributed by atoms with van der Waals surface area (Å²) in [5, 5.41) is 14.7. The van der Waals surface area contributed by atoms with Gasteiger partial charge in [-0.25, -0.2) is 4.79 Å². The first-order chi connectivity index (χ1) is 11.6. The highest BCUT2D eigenvalue weighted by molar-refractivity contribution is 5.90. The zero-order valence-electron chi connectivity index (χ0n) is 14.0. The third kappa shape index (κ3) is 4.16. The lowest BCUT2D eigenvalue weighted by molar-refractivity contribution is -0.124. The summed E-state index contributed by atoms with van der Waals surface area (Å²) in [5.41, 5.74) is 0.901. The molecule has 128 valence electrons. The first-order valence-electron chi connectivity index (χ1n) is 8.09. The third-order valence-corrected chi connectivity index (χ3v) is 3.85. The maximum absolute atomic E-state index is 12.3. The van der Waals surface area contributed by atoms with E-state index in [-0.39, 0.29) is 17.9 Å². The molecule has 1 atom stereocenters. The number of nitrogens with one attached hydrogen (secondary N) is 2. The van der Waals surface area contributed by atoms with Gasteiger partial charge in [0.2, 0.25) is 5.91 Å². The fraction of sp³-hybridized carbons (Fsp3) is 0.471. The van der Waals surface area contributed by atoms with Crippen LogP contribution in [0.15, 0.2) is 18.2 Å². The van der Waals surface area contributed by atoms with Crippen molar-refractivity contribution in [3.8, 4) is 11.8 Å². The van der Waals surface area contributed by atoms with E-state index in [0.29, 0.717) is 49.7 Å². The number of urea groups is 1. The van der Waals surface area contributed by atoms with E-state index >= 15 is 0 Å². The first-order valence-corrected chi connectivity index (χ1v) is 8.09. The Bertz CT molecular complexity index is 654. The van der Waals surface area contributed by atoms with Gasteiger partial charge in [-0.15, -0.1) is 0 Å². The van der Waals surface area contributed by atoms with Crippen LogP contribution in [-0.4, -0.2) is 43.1 Å². The number of amides is 3. The van der Waals surface area contributed by atoms with Gasteiger partial charge in [0.1, 0.15) is 11.8 Å². The summed E-state index contributed by atoms with van der Waals surface area (Å²) in [6.07, 6.45) is 0.659. The van der Waals surface area contributed by atoms with Crippen LogP contribution in [0.4, 0.5) is 10.5 Å². The van der Waals surface area contributed by atoms with Crippen molar-refractivity contribution in [2.45, 2.75) is 20.3 Å². The maximum atomic E-state index is 12.3. The van der Waals surface area contributed by atoms with Gasteiger partial charge >= 0.3 is 6.03 Å². The molecule has 0 radical (unpaired) electrons. The molecule has 0 saturated carbocycles. The van der Waals surface area contributed by atoms with Gasteiger partial charge < -0.3 is 20.3 Å². The molecule has 7 nitrogen and oxygen atoms in total. The quantitative estimate of drug-likeness (QED) is 0.862. The van der Waals surface area contributed by atoms with Gasteiger partial charge in [-0.05, 0) is 38.5 Å². The zero-order chi connectivity index (χ0) is 17.5. The largest absolute Gasteiger partial charge is 0.492 e. The Balaban J connectivity index is 1.98. The number of anilines is 1. The second-order valence-corrected chi connectivity index (χ2v) is 5.51. The van der Waals surface area contributed by atoms with Gasteiger partial charge in [-0.3, -0.25) is 4.79 Å². The van der Waals surface area contributed by atoms with Crippen molar-refractivity contribution < 1.29 is 14.3 Å². The summed E-state index contributed by atoms with van der Waals surface area (Å²) < 4.78 is 5.36. The Kier molecular flexibility index (Phi) is 6.01. The Morgan fingerprint density at radius 1 is 1.42 bits per heavy atom. The standard InChI is InChI=1S/C17H22N4O3/c1-3-19-16(22)12-7-8-21(11-12)17(23)20-14-5-6-15(24-4-2)13(9-14)10-18/h5-6,9,12H,3-4,7-8,11H2,1-2H3,(H,19,22)(H,20,23)/t12-/m1/s1. The predicted molar refractivity (Wildman–Crippen MR) is 89.7 cm³/mol. The first kappa shape index (κ1) is 17.6. The summed E-state index contributed by atoms with van der Waals surface area (Å²) in [6.45, 7) is 5.71. The Hall–Kier alpha value is -2.75. The maximum Gasteiger partial charge on any atom is 0.321 e. The molecule has 1 aliphatic heterocycles. The molecule has 1 aromatic carbocycles. The number of ether oxygens (including phenoxy) is 1. The van der Waals surface area contributed by atoms with Gasteiger partial charge in [0.25, 0.3) is 0 Å². The van der Waals surface area contributed by atoms with Crippen molar-refractivity contribution in [2.75, 3.05) is 31.6 Å². The van der Waals surface area contributed by atoms with Crippen LogP contribution in [0.1, 0.15) is 25.8 Å². The van der Waals surface area contributed by atoms with Crippen LogP contribution < -0.4 is 15.4 Å². The molecule has 0 bridgehead atoms. The summed E-state index contributed by atoms with van der Waals surface area (Å²) in [5.74, 6) is 0.321. The van der Waals surface area contributed by atoms with Crippen molar-refractivity contribution in [3.63, 3.8) is 0 Å². The highest BCUT2D eigenvalue weighted by Crippen LogP contribution is 2.23. The number of hydrogen-bond donors (Lipinski definition) is 2. The fourth-order valence-electron chi connectivity index (χ4n) is 2.66. The Morgan fingerprint density at radius 3 is 2.88 bits per heavy atom. The molecule has 0 aliphatic carbocycles. The van der Waals surface area contributed by atoms with Crippen molar-refractivity contribution >= 4 is 17.6 Å². The van der Waals surface area contributed by atoms with Crippen molar-refractivity contribution in [1.29, 1.82) is 5.26 Å². The molecule has 0 aromatic heterocycles. The molecule has 0 unspecified atom stereocenters. The number of benzene rings is 1. The predicted octanol–water partition coefficient (Wildman–Crippen LogP) is 1.95. The molecule has 1 aliphatic rings. The van der Waals surface area contributed by atoms with E-state index in [9.17, 15) is 9.59 Å². The Labute approximate surface area is 141 Å². The lowest BCUT2D eigenvalue weighted by atomic mass is 10.1. The van der Waals surface area contributed by atoms with Crippen LogP contribution in [0, 0.1) is 17.2 Å². The van der Waals surface area contributed by atoms with Crippen LogP contribution in [-0.2, 0) is 4.79 Å². The summed E-state index contributed by atoms with van der Waals surface area (Å²) in [7, 11) is 0. The normalized spacial score (nSPS) is 16.4. The van der Waals surface area contributed by atoms with Crippen molar-refractivity contribution in [3.05, 3.63) is 23.8 Å². The number of rotatable bonds is 5. The molecule has 24 heavy (non-hydrogen) atoms. The zero-order valence-corrected chi connectivity index (χ0v) is 14.0. The summed E-state index contributed by atoms with van der Waals surface area (Å²) in [6, 6.07) is 6.73. The van der Waals surface area contributed by atoms with Crippen LogP contribution in [0.3, 0.4) is 0 Å². The molecular weight excluding hydrogens is 308 g/mol. The molecule has 0 spiro atoms. The number of likely N-dealkylation sites (tertiary alicyclic amines) is 1. The molecule has 1 saturated heterocycles. The van der Waals surface area contributed by atoms with Crippen LogP contribution in [0.25, 0.3) is 0 Å². The minimum Gasteiger partial charge on any atom is -0.492 e. The minimum absolute atomic E-state index is 0.0133. The van der Waals surface area contributed by atoms with Gasteiger partial charge in [-0.1, -0.05) is 0 Å². The Morgan fingerprint density at radius 2 is 2.21 bits per heavy atom. The lowest BCUT2D eigenvalue weighted by Crippen LogP contribution is -2.36. The third-order valence-electron chi connectivity index (χ3n) is 3.85. The number of nitriles is 1. The molecule has 1 heterocycles. The average molecular weight is 330 g/mol. The van der Waals surface area contributed by atoms with Crippen LogP contribution in [0.2, 0.25) is 0 Å². The van der Waals surface area contributed by atoms with Gasteiger partial charge in [-0.2, -0.15) is 5.26 Å². The van der Waals surface area contributed by atoms with Crippen LogP contribution in [0.5, 0.6) is 5.75 Å². The van der Waals surface area contributed by atoms with Gasteiger partial charge in [0.15, 0.2) is 0 Å². The SMILES string of the molecule is CCNC(=O)[C@@H]1CCN(C(=O)Nc2ccc(OCC)c(C#N)c2)C1. The second kappa shape index (κ2) is 8.20. The van der Waals surface area contributed by atoms with Crippen molar-refractivity contribution in [2.24, 2.45) is 5.92 Å². The molecule has 1 aromatic rings. The molecule has 2 N–H and O–H groups in total. The number of nitrogens with zero attached hydrogens (tertiary/aromatic N) is 2. The molecule has 7 heteroatoms.